The molecular weight excluding hydrogens is 659 g/mol. The number of carbonyl (C=O) groups excluding carboxylic acids is 1. The Morgan fingerprint density at radius 3 is 2.51 bits per heavy atom. The smallest absolute Gasteiger partial charge is 0.337 e. The second-order valence-corrected chi connectivity index (χ2v) is 12.3. The third kappa shape index (κ3) is 6.52. The molecule has 0 saturated heterocycles. The summed E-state index contributed by atoms with van der Waals surface area (Å²) in [6, 6.07) is 21.9. The van der Waals surface area contributed by atoms with Crippen LogP contribution in [-0.4, -0.2) is 30.9 Å². The predicted molar refractivity (Wildman–Crippen MR) is 185 cm³/mol. The van der Waals surface area contributed by atoms with Crippen molar-refractivity contribution in [3.05, 3.63) is 131 Å². The van der Waals surface area contributed by atoms with Crippen LogP contribution >= 0.6 is 34.5 Å². The van der Waals surface area contributed by atoms with E-state index >= 15 is 0 Å². The molecule has 0 spiro atoms. The lowest BCUT2D eigenvalue weighted by molar-refractivity contribution is -0.136. The molecule has 47 heavy (non-hydrogen) atoms. The van der Waals surface area contributed by atoms with Crippen molar-refractivity contribution in [1.82, 2.24) is 4.57 Å². The summed E-state index contributed by atoms with van der Waals surface area (Å²) in [5.74, 6) is 0.833. The van der Waals surface area contributed by atoms with Crippen LogP contribution in [0.15, 0.2) is 94.4 Å². The van der Waals surface area contributed by atoms with Crippen LogP contribution in [0, 0.1) is 0 Å². The average Bonchev–Trinajstić information content (AvgIpc) is 3.39. The highest BCUT2D eigenvalue weighted by atomic mass is 35.5. The van der Waals surface area contributed by atoms with Crippen molar-refractivity contribution >= 4 is 57.4 Å². The van der Waals surface area contributed by atoms with Gasteiger partial charge in [-0.15, -0.1) is 0 Å². The minimum absolute atomic E-state index is 0.197. The van der Waals surface area contributed by atoms with Crippen molar-refractivity contribution in [2.24, 2.45) is 4.99 Å². The van der Waals surface area contributed by atoms with Crippen molar-refractivity contribution in [2.75, 3.05) is 20.3 Å². The molecule has 0 saturated carbocycles. The molecule has 4 aromatic carbocycles. The van der Waals surface area contributed by atoms with Gasteiger partial charge < -0.3 is 18.9 Å². The van der Waals surface area contributed by atoms with E-state index in [1.165, 1.54) is 29.2 Å². The summed E-state index contributed by atoms with van der Waals surface area (Å²) in [5.41, 5.74) is 1.97. The van der Waals surface area contributed by atoms with Crippen LogP contribution in [0.5, 0.6) is 17.2 Å². The number of benzene rings is 4. The van der Waals surface area contributed by atoms with Gasteiger partial charge in [-0.05, 0) is 66.1 Å². The first-order chi connectivity index (χ1) is 22.8. The fourth-order valence-electron chi connectivity index (χ4n) is 5.54. The van der Waals surface area contributed by atoms with Crippen molar-refractivity contribution in [1.29, 1.82) is 0 Å². The number of thiazole rings is 1. The first-order valence-corrected chi connectivity index (χ1v) is 16.5. The van der Waals surface area contributed by atoms with E-state index in [4.69, 9.17) is 42.1 Å². The number of fused-ring (bicyclic) bond motifs is 2. The van der Waals surface area contributed by atoms with Gasteiger partial charge in [0, 0.05) is 16.8 Å². The number of methoxy groups -OCH3 is 1. The second-order valence-electron chi connectivity index (χ2n) is 10.5. The number of halogens is 2. The van der Waals surface area contributed by atoms with E-state index in [1.807, 2.05) is 56.3 Å². The van der Waals surface area contributed by atoms with Gasteiger partial charge in [0.15, 0.2) is 16.3 Å². The van der Waals surface area contributed by atoms with Crippen LogP contribution in [0.4, 0.5) is 0 Å². The van der Waals surface area contributed by atoms with Crippen LogP contribution in [0.2, 0.25) is 10.0 Å². The highest BCUT2D eigenvalue weighted by Gasteiger charge is 2.31. The molecule has 8 nitrogen and oxygen atoms in total. The van der Waals surface area contributed by atoms with Gasteiger partial charge in [-0.2, -0.15) is 0 Å². The van der Waals surface area contributed by atoms with E-state index in [0.717, 1.165) is 16.3 Å². The maximum absolute atomic E-state index is 14.2. The zero-order chi connectivity index (χ0) is 33.1. The first kappa shape index (κ1) is 32.4. The Hall–Kier alpha value is -4.57. The molecule has 0 amide bonds. The molecule has 2 heterocycles. The summed E-state index contributed by atoms with van der Waals surface area (Å²) in [7, 11) is 1.29. The number of carbonyl (C=O) groups is 1. The molecule has 6 rings (SSSR count). The molecule has 0 radical (unpaired) electrons. The molecular formula is C36H30Cl2N2O6S. The Kier molecular flexibility index (Phi) is 9.68. The van der Waals surface area contributed by atoms with Crippen molar-refractivity contribution < 1.29 is 23.7 Å². The number of aromatic nitrogens is 1. The predicted octanol–water partition coefficient (Wildman–Crippen LogP) is 6.85. The second kappa shape index (κ2) is 14.0. The molecule has 0 bridgehead atoms. The molecule has 1 atom stereocenters. The monoisotopic (exact) mass is 688 g/mol. The lowest BCUT2D eigenvalue weighted by Gasteiger charge is -2.23. The molecule has 1 aliphatic heterocycles. The summed E-state index contributed by atoms with van der Waals surface area (Å²) >= 11 is 14.3. The summed E-state index contributed by atoms with van der Waals surface area (Å²) < 4.78 is 24.8. The third-order valence-electron chi connectivity index (χ3n) is 7.58. The van der Waals surface area contributed by atoms with Gasteiger partial charge in [-0.1, -0.05) is 83.1 Å². The first-order valence-electron chi connectivity index (χ1n) is 14.9. The van der Waals surface area contributed by atoms with Crippen LogP contribution in [-0.2, 0) is 16.1 Å². The van der Waals surface area contributed by atoms with E-state index < -0.39 is 12.0 Å². The van der Waals surface area contributed by atoms with Gasteiger partial charge in [0.1, 0.15) is 12.4 Å². The van der Waals surface area contributed by atoms with Crippen molar-refractivity contribution in [3.8, 4) is 17.2 Å². The van der Waals surface area contributed by atoms with Gasteiger partial charge in [0.2, 0.25) is 0 Å². The number of esters is 1. The highest BCUT2D eigenvalue weighted by molar-refractivity contribution is 7.07. The number of hydrogen-bond donors (Lipinski definition) is 0. The molecule has 0 N–H and O–H groups in total. The molecule has 0 fully saturated rings. The molecule has 1 aromatic heterocycles. The Bertz CT molecular complexity index is 2200. The van der Waals surface area contributed by atoms with Crippen LogP contribution in [0.3, 0.4) is 0 Å². The van der Waals surface area contributed by atoms with Crippen LogP contribution < -0.4 is 29.1 Å². The molecule has 1 aliphatic rings. The van der Waals surface area contributed by atoms with Crippen molar-refractivity contribution in [3.63, 3.8) is 0 Å². The lowest BCUT2D eigenvalue weighted by Crippen LogP contribution is -2.39. The quantitative estimate of drug-likeness (QED) is 0.149. The van der Waals surface area contributed by atoms with Gasteiger partial charge in [-0.25, -0.2) is 9.79 Å². The number of ether oxygens (including phenoxy) is 4. The van der Waals surface area contributed by atoms with Crippen molar-refractivity contribution in [2.45, 2.75) is 26.5 Å². The van der Waals surface area contributed by atoms with Gasteiger partial charge in [0.05, 0.1) is 41.5 Å². The lowest BCUT2D eigenvalue weighted by atomic mass is 9.97. The number of hydrogen-bond acceptors (Lipinski definition) is 8. The highest BCUT2D eigenvalue weighted by Crippen LogP contribution is 2.36. The Morgan fingerprint density at radius 2 is 1.72 bits per heavy atom. The van der Waals surface area contributed by atoms with E-state index in [9.17, 15) is 9.59 Å². The summed E-state index contributed by atoms with van der Waals surface area (Å²) in [4.78, 5) is 32.0. The van der Waals surface area contributed by atoms with Gasteiger partial charge in [0.25, 0.3) is 5.56 Å². The molecule has 0 unspecified atom stereocenters. The Morgan fingerprint density at radius 1 is 0.957 bits per heavy atom. The van der Waals surface area contributed by atoms with E-state index in [0.29, 0.717) is 61.0 Å². The average molecular weight is 690 g/mol. The largest absolute Gasteiger partial charge is 0.490 e. The fourth-order valence-corrected chi connectivity index (χ4v) is 7.06. The molecule has 240 valence electrons. The molecule has 11 heteroatoms. The third-order valence-corrected chi connectivity index (χ3v) is 9.08. The topological polar surface area (TPSA) is 88.4 Å². The number of nitrogens with zero attached hydrogens (tertiary/aromatic N) is 2. The van der Waals surface area contributed by atoms with E-state index in [2.05, 4.69) is 4.99 Å². The van der Waals surface area contributed by atoms with E-state index in [1.54, 1.807) is 36.4 Å². The van der Waals surface area contributed by atoms with E-state index in [-0.39, 0.29) is 17.7 Å². The maximum atomic E-state index is 14.2. The molecule has 0 aliphatic carbocycles. The summed E-state index contributed by atoms with van der Waals surface area (Å²) in [6.45, 7) is 4.84. The number of rotatable bonds is 10. The fraction of sp³-hybridized carbons (Fsp3) is 0.194. The van der Waals surface area contributed by atoms with Crippen LogP contribution in [0.1, 0.15) is 36.6 Å². The zero-order valence-electron chi connectivity index (χ0n) is 25.8. The minimum atomic E-state index is -0.833. The Balaban J connectivity index is 1.45. The normalized spacial score (nSPS) is 14.3. The zero-order valence-corrected chi connectivity index (χ0v) is 28.1. The summed E-state index contributed by atoms with van der Waals surface area (Å²) in [6.07, 6.45) is 3.13. The van der Waals surface area contributed by atoms with Crippen LogP contribution in [0.25, 0.3) is 16.8 Å². The Labute approximate surface area is 284 Å². The molecule has 5 aromatic rings. The minimum Gasteiger partial charge on any atom is -0.490 e. The SMILES string of the molecule is CCOc1ccc([C@@H]2C(C(=O)OC)=CN=c3s/c(=C/c4cc(Cl)cc(Cl)c4OCc4cccc5ccccc45)c(=O)n32)cc1OCC. The summed E-state index contributed by atoms with van der Waals surface area (Å²) in [5, 5.41) is 2.85. The van der Waals surface area contributed by atoms with Gasteiger partial charge in [-0.3, -0.25) is 9.36 Å². The van der Waals surface area contributed by atoms with Gasteiger partial charge >= 0.3 is 5.97 Å². The standard InChI is InChI=1S/C36H30Cl2N2O6S/c1-4-44-29-14-13-22(16-30(29)45-5-2)32-27(35(42)43-3)19-39-36-40(32)34(41)31(47-36)17-24-15-25(37)18-28(38)33(24)46-20-23-11-8-10-21-9-6-7-12-26(21)23/h6-19,32H,4-5,20H2,1-3H3/b31-17+/t32-/m1/s1. The maximum Gasteiger partial charge on any atom is 0.337 e.